The number of rotatable bonds is 7. The fraction of sp³-hybridized carbons (Fsp3) is 0.333. The minimum absolute atomic E-state index is 0.141. The molecule has 0 radical (unpaired) electrons. The van der Waals surface area contributed by atoms with Gasteiger partial charge >= 0.3 is 0 Å². The molecule has 0 saturated carbocycles. The zero-order chi connectivity index (χ0) is 30.0. The van der Waals surface area contributed by atoms with E-state index in [2.05, 4.69) is 44.1 Å². The molecule has 2 amide bonds. The third kappa shape index (κ3) is 5.92. The first-order chi connectivity index (χ1) is 20.1. The number of carbonyl (C=O) groups excluding carboxylic acids is 2. The number of fused-ring (bicyclic) bond motifs is 1. The van der Waals surface area contributed by atoms with Gasteiger partial charge in [-0.2, -0.15) is 5.10 Å². The van der Waals surface area contributed by atoms with Gasteiger partial charge in [-0.05, 0) is 43.7 Å². The van der Waals surface area contributed by atoms with Crippen molar-refractivity contribution in [1.29, 1.82) is 0 Å². The Balaban J connectivity index is 1.70. The van der Waals surface area contributed by atoms with Crippen LogP contribution in [0.5, 0.6) is 5.75 Å². The quantitative estimate of drug-likeness (QED) is 0.301. The molecular formula is C33H37N5O3S. The molecule has 5 rings (SSSR count). The highest BCUT2D eigenvalue weighted by Gasteiger charge is 2.40. The van der Waals surface area contributed by atoms with Crippen molar-refractivity contribution >= 4 is 29.4 Å². The third-order valence-electron chi connectivity index (χ3n) is 7.30. The lowest BCUT2D eigenvalue weighted by Crippen LogP contribution is -2.42. The number of anilines is 1. The Morgan fingerprint density at radius 1 is 1.10 bits per heavy atom. The number of para-hydroxylation sites is 1. The smallest absolute Gasteiger partial charge is 0.240 e. The fourth-order valence-corrected chi connectivity index (χ4v) is 6.53. The topological polar surface area (TPSA) is 89.3 Å². The maximum atomic E-state index is 13.9. The van der Waals surface area contributed by atoms with Crippen LogP contribution in [0.25, 0.3) is 5.69 Å². The van der Waals surface area contributed by atoms with E-state index in [0.717, 1.165) is 45.1 Å². The summed E-state index contributed by atoms with van der Waals surface area (Å²) >= 11 is 1.54. The van der Waals surface area contributed by atoms with Gasteiger partial charge in [-0.3, -0.25) is 19.5 Å². The predicted molar refractivity (Wildman–Crippen MR) is 167 cm³/mol. The number of carbonyl (C=O) groups is 2. The Hall–Kier alpha value is -4.11. The lowest BCUT2D eigenvalue weighted by molar-refractivity contribution is -0.123. The second kappa shape index (κ2) is 12.0. The van der Waals surface area contributed by atoms with Crippen LogP contribution in [-0.2, 0) is 21.5 Å². The zero-order valence-corrected chi connectivity index (χ0v) is 25.8. The van der Waals surface area contributed by atoms with Crippen molar-refractivity contribution in [3.63, 3.8) is 0 Å². The molecule has 1 aliphatic heterocycles. The number of methoxy groups -OCH3 is 1. The van der Waals surface area contributed by atoms with Crippen molar-refractivity contribution in [2.24, 2.45) is 0 Å². The van der Waals surface area contributed by atoms with Crippen LogP contribution in [0.4, 0.5) is 5.82 Å². The number of hydrogen-bond acceptors (Lipinski definition) is 6. The average molecular weight is 584 g/mol. The maximum Gasteiger partial charge on any atom is 0.240 e. The standard InChI is InChI=1S/C33H37N5O3S/c1-21-14-15-25(22(2)17-21)38-32-29(31(36-38)33(3,4)5)30(24-12-7-8-13-26(24)41-6)42-20-28(40)37(32)19-27(39)35-18-23-11-9-10-16-34-23/h7-17,30H,18-20H2,1-6H3,(H,35,39). The molecule has 4 aromatic rings. The van der Waals surface area contributed by atoms with Crippen LogP contribution in [0.15, 0.2) is 66.9 Å². The molecule has 1 N–H and O–H groups in total. The summed E-state index contributed by atoms with van der Waals surface area (Å²) in [7, 11) is 1.66. The lowest BCUT2D eigenvalue weighted by atomic mass is 9.87. The van der Waals surface area contributed by atoms with Gasteiger partial charge in [0, 0.05) is 22.7 Å². The third-order valence-corrected chi connectivity index (χ3v) is 8.53. The van der Waals surface area contributed by atoms with Crippen molar-refractivity contribution in [3.05, 3.63) is 101 Å². The summed E-state index contributed by atoms with van der Waals surface area (Å²) in [5.74, 6) is 1.13. The molecule has 9 heteroatoms. The van der Waals surface area contributed by atoms with Crippen LogP contribution in [0.1, 0.15) is 59.7 Å². The minimum atomic E-state index is -0.352. The predicted octanol–water partition coefficient (Wildman–Crippen LogP) is 5.68. The first kappa shape index (κ1) is 29.4. The molecule has 3 heterocycles. The van der Waals surface area contributed by atoms with Crippen molar-refractivity contribution in [1.82, 2.24) is 20.1 Å². The Bertz CT molecular complexity index is 1610. The molecule has 1 aliphatic rings. The molecular weight excluding hydrogens is 546 g/mol. The number of thioether (sulfide) groups is 1. The van der Waals surface area contributed by atoms with Crippen molar-refractivity contribution in [2.45, 2.75) is 51.8 Å². The Labute approximate surface area is 251 Å². The maximum absolute atomic E-state index is 13.9. The number of ether oxygens (including phenoxy) is 1. The fourth-order valence-electron chi connectivity index (χ4n) is 5.30. The molecule has 2 aromatic heterocycles. The van der Waals surface area contributed by atoms with Crippen LogP contribution < -0.4 is 15.0 Å². The summed E-state index contributed by atoms with van der Waals surface area (Å²) in [6, 6.07) is 19.7. The molecule has 0 bridgehead atoms. The van der Waals surface area contributed by atoms with Crippen molar-refractivity contribution in [3.8, 4) is 11.4 Å². The van der Waals surface area contributed by atoms with Gasteiger partial charge in [0.05, 0.1) is 41.7 Å². The second-order valence-electron chi connectivity index (χ2n) is 11.5. The summed E-state index contributed by atoms with van der Waals surface area (Å²) < 4.78 is 7.65. The summed E-state index contributed by atoms with van der Waals surface area (Å²) in [4.78, 5) is 33.2. The van der Waals surface area contributed by atoms with Crippen molar-refractivity contribution < 1.29 is 14.3 Å². The molecule has 1 atom stereocenters. The van der Waals surface area contributed by atoms with Gasteiger partial charge in [0.2, 0.25) is 11.8 Å². The molecule has 42 heavy (non-hydrogen) atoms. The SMILES string of the molecule is COc1ccccc1C1SCC(=O)N(CC(=O)NCc2ccccn2)c2c1c(C(C)(C)C)nn2-c1ccc(C)cc1C. The Morgan fingerprint density at radius 2 is 1.86 bits per heavy atom. The number of benzene rings is 2. The summed E-state index contributed by atoms with van der Waals surface area (Å²) in [6.45, 7) is 10.6. The molecule has 0 fully saturated rings. The number of nitrogens with zero attached hydrogens (tertiary/aromatic N) is 4. The van der Waals surface area contributed by atoms with Crippen LogP contribution in [0.3, 0.4) is 0 Å². The van der Waals surface area contributed by atoms with E-state index in [9.17, 15) is 9.59 Å². The van der Waals surface area contributed by atoms with E-state index >= 15 is 0 Å². The van der Waals surface area contributed by atoms with E-state index in [4.69, 9.17) is 9.84 Å². The normalized spacial score (nSPS) is 15.2. The highest BCUT2D eigenvalue weighted by atomic mass is 32.2. The molecule has 0 saturated heterocycles. The first-order valence-electron chi connectivity index (χ1n) is 14.0. The average Bonchev–Trinajstić information content (AvgIpc) is 3.30. The van der Waals surface area contributed by atoms with Gasteiger partial charge in [0.15, 0.2) is 0 Å². The second-order valence-corrected chi connectivity index (χ2v) is 12.6. The molecule has 218 valence electrons. The van der Waals surface area contributed by atoms with Gasteiger partial charge in [-0.15, -0.1) is 11.8 Å². The molecule has 0 aliphatic carbocycles. The van der Waals surface area contributed by atoms with E-state index in [1.165, 1.54) is 11.8 Å². The van der Waals surface area contributed by atoms with Gasteiger partial charge < -0.3 is 10.1 Å². The van der Waals surface area contributed by atoms with E-state index in [-0.39, 0.29) is 41.3 Å². The highest BCUT2D eigenvalue weighted by Crippen LogP contribution is 2.50. The molecule has 0 spiro atoms. The van der Waals surface area contributed by atoms with Crippen LogP contribution in [-0.4, -0.2) is 46.0 Å². The van der Waals surface area contributed by atoms with E-state index < -0.39 is 0 Å². The van der Waals surface area contributed by atoms with Gasteiger partial charge in [0.25, 0.3) is 0 Å². The number of hydrogen-bond donors (Lipinski definition) is 1. The van der Waals surface area contributed by atoms with E-state index in [1.54, 1.807) is 18.2 Å². The summed E-state index contributed by atoms with van der Waals surface area (Å²) in [5, 5.41) is 7.91. The van der Waals surface area contributed by atoms with Gasteiger partial charge in [-0.1, -0.05) is 62.7 Å². The Kier molecular flexibility index (Phi) is 8.41. The summed E-state index contributed by atoms with van der Waals surface area (Å²) in [6.07, 6.45) is 1.69. The van der Waals surface area contributed by atoms with Crippen LogP contribution >= 0.6 is 11.8 Å². The van der Waals surface area contributed by atoms with Crippen molar-refractivity contribution in [2.75, 3.05) is 24.3 Å². The minimum Gasteiger partial charge on any atom is -0.496 e. The molecule has 2 aromatic carbocycles. The number of nitrogens with one attached hydrogen (secondary N) is 1. The summed E-state index contributed by atoms with van der Waals surface area (Å²) in [5.41, 5.74) is 6.17. The molecule has 8 nitrogen and oxygen atoms in total. The lowest BCUT2D eigenvalue weighted by Gasteiger charge is -2.25. The molecule has 1 unspecified atom stereocenters. The number of aromatic nitrogens is 3. The van der Waals surface area contributed by atoms with Crippen LogP contribution in [0.2, 0.25) is 0 Å². The zero-order valence-electron chi connectivity index (χ0n) is 25.0. The van der Waals surface area contributed by atoms with E-state index in [0.29, 0.717) is 5.82 Å². The monoisotopic (exact) mass is 583 g/mol. The van der Waals surface area contributed by atoms with Gasteiger partial charge in [0.1, 0.15) is 18.1 Å². The first-order valence-corrected chi connectivity index (χ1v) is 15.1. The number of pyridine rings is 1. The Morgan fingerprint density at radius 3 is 2.55 bits per heavy atom. The van der Waals surface area contributed by atoms with E-state index in [1.807, 2.05) is 66.2 Å². The number of aryl methyl sites for hydroxylation is 2. The van der Waals surface area contributed by atoms with Crippen LogP contribution in [0, 0.1) is 13.8 Å². The largest absolute Gasteiger partial charge is 0.496 e. The number of amides is 2. The highest BCUT2D eigenvalue weighted by molar-refractivity contribution is 8.00. The van der Waals surface area contributed by atoms with Gasteiger partial charge in [-0.25, -0.2) is 4.68 Å².